The summed E-state index contributed by atoms with van der Waals surface area (Å²) in [5, 5.41) is 21.6. The van der Waals surface area contributed by atoms with Crippen LogP contribution in [0.15, 0.2) is 0 Å². The summed E-state index contributed by atoms with van der Waals surface area (Å²) in [6, 6.07) is 0. The standard InChI is InChI=1S/C6H12N2OS.C5H11NO/c7-6(10)8-3-1-5(9)2-4-8;7-5-1-3-6-4-2-5/h5,9H,1-4H2,(H2,7,10);5-7H,1-4H2. The second-order valence-corrected chi connectivity index (χ2v) is 4.96. The molecule has 0 bridgehead atoms. The number of aliphatic hydroxyl groups excluding tert-OH is 2. The number of nitrogens with two attached hydrogens (primary N) is 1. The van der Waals surface area contributed by atoms with Crippen LogP contribution in [0.2, 0.25) is 0 Å². The Labute approximate surface area is 108 Å². The van der Waals surface area contributed by atoms with Crippen molar-refractivity contribution in [3.8, 4) is 0 Å². The molecule has 2 rings (SSSR count). The van der Waals surface area contributed by atoms with Crippen molar-refractivity contribution in [1.82, 2.24) is 10.2 Å². The van der Waals surface area contributed by atoms with Crippen molar-refractivity contribution in [3.05, 3.63) is 0 Å². The molecule has 2 fully saturated rings. The molecule has 0 spiro atoms. The molecule has 0 amide bonds. The number of piperidine rings is 2. The fourth-order valence-electron chi connectivity index (χ4n) is 1.89. The molecule has 100 valence electrons. The highest BCUT2D eigenvalue weighted by atomic mass is 32.1. The Morgan fingerprint density at radius 1 is 1.06 bits per heavy atom. The molecule has 2 aliphatic rings. The molecule has 0 aromatic rings. The molecular formula is C11H23N3O2S. The van der Waals surface area contributed by atoms with Crippen molar-refractivity contribution in [2.45, 2.75) is 37.9 Å². The Hall–Kier alpha value is -0.430. The molecule has 5 N–H and O–H groups in total. The van der Waals surface area contributed by atoms with Crippen molar-refractivity contribution in [3.63, 3.8) is 0 Å². The van der Waals surface area contributed by atoms with E-state index in [-0.39, 0.29) is 12.2 Å². The van der Waals surface area contributed by atoms with Gasteiger partial charge in [0.2, 0.25) is 0 Å². The van der Waals surface area contributed by atoms with Crippen LogP contribution in [-0.2, 0) is 0 Å². The predicted molar refractivity (Wildman–Crippen MR) is 71.7 cm³/mol. The summed E-state index contributed by atoms with van der Waals surface area (Å²) in [6.45, 7) is 3.58. The third-order valence-electron chi connectivity index (χ3n) is 3.08. The van der Waals surface area contributed by atoms with Crippen LogP contribution in [0.3, 0.4) is 0 Å². The minimum absolute atomic E-state index is 0.0266. The van der Waals surface area contributed by atoms with Gasteiger partial charge in [0.1, 0.15) is 0 Å². The minimum Gasteiger partial charge on any atom is -0.393 e. The van der Waals surface area contributed by atoms with E-state index in [0.717, 1.165) is 51.9 Å². The maximum absolute atomic E-state index is 9.10. The largest absolute Gasteiger partial charge is 0.393 e. The van der Waals surface area contributed by atoms with Crippen LogP contribution < -0.4 is 11.1 Å². The average Bonchev–Trinajstić information content (AvgIpc) is 2.31. The molecule has 2 aliphatic heterocycles. The average molecular weight is 261 g/mol. The van der Waals surface area contributed by atoms with Crippen LogP contribution in [0.25, 0.3) is 0 Å². The van der Waals surface area contributed by atoms with Gasteiger partial charge in [-0.15, -0.1) is 0 Å². The molecule has 17 heavy (non-hydrogen) atoms. The van der Waals surface area contributed by atoms with Gasteiger partial charge in [0.15, 0.2) is 5.11 Å². The van der Waals surface area contributed by atoms with E-state index in [1.807, 2.05) is 4.90 Å². The van der Waals surface area contributed by atoms with E-state index < -0.39 is 0 Å². The first-order valence-corrected chi connectivity index (χ1v) is 6.61. The van der Waals surface area contributed by atoms with E-state index in [1.165, 1.54) is 0 Å². The number of likely N-dealkylation sites (tertiary alicyclic amines) is 1. The van der Waals surface area contributed by atoms with Crippen LogP contribution in [-0.4, -0.2) is 58.6 Å². The Morgan fingerprint density at radius 2 is 1.53 bits per heavy atom. The Bertz CT molecular complexity index is 227. The minimum atomic E-state index is -0.148. The van der Waals surface area contributed by atoms with Crippen LogP contribution >= 0.6 is 12.2 Å². The van der Waals surface area contributed by atoms with E-state index in [0.29, 0.717) is 5.11 Å². The molecule has 2 heterocycles. The van der Waals surface area contributed by atoms with E-state index in [2.05, 4.69) is 5.32 Å². The normalized spacial score (nSPS) is 22.8. The molecule has 0 aromatic heterocycles. The quantitative estimate of drug-likeness (QED) is 0.437. The summed E-state index contributed by atoms with van der Waals surface area (Å²) in [4.78, 5) is 1.92. The Morgan fingerprint density at radius 3 is 1.88 bits per heavy atom. The number of rotatable bonds is 0. The lowest BCUT2D eigenvalue weighted by Crippen LogP contribution is -2.42. The molecule has 0 atom stereocenters. The van der Waals surface area contributed by atoms with Gasteiger partial charge in [0, 0.05) is 13.1 Å². The lowest BCUT2D eigenvalue weighted by atomic mass is 10.1. The topological polar surface area (TPSA) is 81.8 Å². The van der Waals surface area contributed by atoms with Crippen molar-refractivity contribution < 1.29 is 10.2 Å². The maximum Gasteiger partial charge on any atom is 0.166 e. The smallest absolute Gasteiger partial charge is 0.166 e. The zero-order valence-electron chi connectivity index (χ0n) is 10.1. The van der Waals surface area contributed by atoms with Gasteiger partial charge in [-0.1, -0.05) is 0 Å². The van der Waals surface area contributed by atoms with Gasteiger partial charge in [-0.25, -0.2) is 0 Å². The molecule has 0 aliphatic carbocycles. The van der Waals surface area contributed by atoms with Crippen LogP contribution in [0.5, 0.6) is 0 Å². The fraction of sp³-hybridized carbons (Fsp3) is 0.909. The molecule has 0 unspecified atom stereocenters. The first kappa shape index (κ1) is 14.6. The van der Waals surface area contributed by atoms with Crippen molar-refractivity contribution >= 4 is 17.3 Å². The second kappa shape index (κ2) is 7.81. The molecule has 0 saturated carbocycles. The first-order valence-electron chi connectivity index (χ1n) is 6.21. The Kier molecular flexibility index (Phi) is 6.72. The monoisotopic (exact) mass is 261 g/mol. The fourth-order valence-corrected chi connectivity index (χ4v) is 2.08. The van der Waals surface area contributed by atoms with Crippen molar-refractivity contribution in [2.75, 3.05) is 26.2 Å². The highest BCUT2D eigenvalue weighted by Gasteiger charge is 2.16. The maximum atomic E-state index is 9.10. The highest BCUT2D eigenvalue weighted by Crippen LogP contribution is 2.08. The lowest BCUT2D eigenvalue weighted by molar-refractivity contribution is 0.109. The number of thiocarbonyl (C=S) groups is 1. The third-order valence-corrected chi connectivity index (χ3v) is 3.34. The SMILES string of the molecule is NC(=S)N1CCC(O)CC1.OC1CCNCC1. The molecule has 0 radical (unpaired) electrons. The van der Waals surface area contributed by atoms with Gasteiger partial charge >= 0.3 is 0 Å². The molecule has 2 saturated heterocycles. The summed E-state index contributed by atoms with van der Waals surface area (Å²) in [5.74, 6) is 0. The van der Waals surface area contributed by atoms with Crippen molar-refractivity contribution in [1.29, 1.82) is 0 Å². The zero-order valence-corrected chi connectivity index (χ0v) is 11.0. The zero-order chi connectivity index (χ0) is 12.7. The van der Waals surface area contributed by atoms with Crippen LogP contribution in [0.1, 0.15) is 25.7 Å². The predicted octanol–water partition coefficient (Wildman–Crippen LogP) is -0.583. The highest BCUT2D eigenvalue weighted by molar-refractivity contribution is 7.80. The molecule has 0 aromatic carbocycles. The van der Waals surface area contributed by atoms with Crippen molar-refractivity contribution in [2.24, 2.45) is 5.73 Å². The number of nitrogens with zero attached hydrogens (tertiary/aromatic N) is 1. The van der Waals surface area contributed by atoms with E-state index in [1.54, 1.807) is 0 Å². The molecule has 6 heteroatoms. The number of nitrogens with one attached hydrogen (secondary N) is 1. The first-order chi connectivity index (χ1) is 8.09. The number of hydrogen-bond acceptors (Lipinski definition) is 4. The van der Waals surface area contributed by atoms with Crippen LogP contribution in [0.4, 0.5) is 0 Å². The van der Waals surface area contributed by atoms with E-state index in [9.17, 15) is 0 Å². The van der Waals surface area contributed by atoms with Gasteiger partial charge in [-0.2, -0.15) is 0 Å². The van der Waals surface area contributed by atoms with Gasteiger partial charge < -0.3 is 26.2 Å². The van der Waals surface area contributed by atoms with E-state index in [4.69, 9.17) is 28.2 Å². The summed E-state index contributed by atoms with van der Waals surface area (Å²) in [5.41, 5.74) is 5.39. The lowest BCUT2D eigenvalue weighted by Gasteiger charge is -2.29. The Balaban J connectivity index is 0.000000181. The van der Waals surface area contributed by atoms with Gasteiger partial charge in [0.25, 0.3) is 0 Å². The van der Waals surface area contributed by atoms with Gasteiger partial charge in [-0.05, 0) is 51.0 Å². The van der Waals surface area contributed by atoms with Gasteiger partial charge in [-0.3, -0.25) is 0 Å². The second-order valence-electron chi connectivity index (χ2n) is 4.54. The summed E-state index contributed by atoms with van der Waals surface area (Å²) in [6.07, 6.45) is 3.26. The number of hydrogen-bond donors (Lipinski definition) is 4. The van der Waals surface area contributed by atoms with Crippen LogP contribution in [0, 0.1) is 0 Å². The molecular weight excluding hydrogens is 238 g/mol. The molecule has 5 nitrogen and oxygen atoms in total. The third kappa shape index (κ3) is 6.16. The summed E-state index contributed by atoms with van der Waals surface area (Å²) < 4.78 is 0. The van der Waals surface area contributed by atoms with E-state index >= 15 is 0 Å². The number of aliphatic hydroxyl groups is 2. The summed E-state index contributed by atoms with van der Waals surface area (Å²) >= 11 is 4.78. The summed E-state index contributed by atoms with van der Waals surface area (Å²) in [7, 11) is 0. The van der Waals surface area contributed by atoms with Gasteiger partial charge in [0.05, 0.1) is 12.2 Å².